The minimum Gasteiger partial charge on any atom is -0.459 e. The number of esters is 1. The van der Waals surface area contributed by atoms with Crippen LogP contribution in [0.3, 0.4) is 0 Å². The number of carbonyl (C=O) groups excluding carboxylic acids is 2. The van der Waals surface area contributed by atoms with Crippen molar-refractivity contribution in [1.29, 1.82) is 0 Å². The molecule has 0 aromatic rings. The Morgan fingerprint density at radius 2 is 2.23 bits per heavy atom. The third-order valence-electron chi connectivity index (χ3n) is 3.31. The second kappa shape index (κ2) is 2.12. The topological polar surface area (TPSA) is 52.6 Å². The Labute approximate surface area is 75.2 Å². The minimum absolute atomic E-state index is 0.0507. The van der Waals surface area contributed by atoms with Gasteiger partial charge in [0.2, 0.25) is 0 Å². The summed E-state index contributed by atoms with van der Waals surface area (Å²) in [5, 5.41) is 0. The summed E-state index contributed by atoms with van der Waals surface area (Å²) < 4.78 is 10.6. The molecule has 0 saturated carbocycles. The quantitative estimate of drug-likeness (QED) is 0.531. The number of rotatable bonds is 1. The van der Waals surface area contributed by atoms with Crippen LogP contribution in [0.4, 0.5) is 0 Å². The number of hydrogen-bond donors (Lipinski definition) is 0. The van der Waals surface area contributed by atoms with E-state index in [0.29, 0.717) is 6.42 Å². The van der Waals surface area contributed by atoms with Gasteiger partial charge in [-0.2, -0.15) is 0 Å². The van der Waals surface area contributed by atoms with Crippen LogP contribution in [0.1, 0.15) is 13.3 Å². The van der Waals surface area contributed by atoms with Gasteiger partial charge in [0.15, 0.2) is 0 Å². The molecule has 2 bridgehead atoms. The maximum absolute atomic E-state index is 11.4. The molecule has 5 atom stereocenters. The third-order valence-corrected chi connectivity index (χ3v) is 3.31. The number of ether oxygens (including phenoxy) is 2. The average molecular weight is 182 g/mol. The van der Waals surface area contributed by atoms with E-state index in [2.05, 4.69) is 0 Å². The zero-order valence-corrected chi connectivity index (χ0v) is 7.23. The smallest absolute Gasteiger partial charge is 0.312 e. The zero-order chi connectivity index (χ0) is 9.16. The van der Waals surface area contributed by atoms with Crippen molar-refractivity contribution in [3.8, 4) is 0 Å². The molecule has 3 heterocycles. The van der Waals surface area contributed by atoms with Gasteiger partial charge in [-0.05, 0) is 6.92 Å². The Morgan fingerprint density at radius 3 is 2.92 bits per heavy atom. The fraction of sp³-hybridized carbons (Fsp3) is 0.778. The molecule has 5 unspecified atom stereocenters. The molecule has 3 rings (SSSR count). The molecular weight excluding hydrogens is 172 g/mol. The average Bonchev–Trinajstić information content (AvgIpc) is 2.60. The highest BCUT2D eigenvalue weighted by Gasteiger charge is 2.64. The SMILES string of the molecule is CC(=O)C1C2CC3OC(=O)C1C3O2. The van der Waals surface area contributed by atoms with Crippen molar-refractivity contribution in [3.05, 3.63) is 0 Å². The molecule has 3 aliphatic rings. The number of fused-ring (bicyclic) bond motifs is 1. The normalized spacial score (nSPS) is 51.2. The lowest BCUT2D eigenvalue weighted by molar-refractivity contribution is -0.145. The first-order valence-corrected chi connectivity index (χ1v) is 4.55. The van der Waals surface area contributed by atoms with E-state index in [4.69, 9.17) is 9.47 Å². The third kappa shape index (κ3) is 0.746. The fourth-order valence-electron chi connectivity index (χ4n) is 2.83. The molecule has 0 aromatic carbocycles. The predicted octanol–water partition coefficient (Wildman–Crippen LogP) is -0.0957. The van der Waals surface area contributed by atoms with Crippen LogP contribution in [0.25, 0.3) is 0 Å². The maximum Gasteiger partial charge on any atom is 0.312 e. The van der Waals surface area contributed by atoms with Crippen molar-refractivity contribution in [2.24, 2.45) is 11.8 Å². The number of Topliss-reactive ketones (excluding diaryl/α,β-unsaturated/α-hetero) is 1. The van der Waals surface area contributed by atoms with Gasteiger partial charge in [0, 0.05) is 6.42 Å². The van der Waals surface area contributed by atoms with Crippen LogP contribution < -0.4 is 0 Å². The first-order chi connectivity index (χ1) is 6.18. The summed E-state index contributed by atoms with van der Waals surface area (Å²) in [5.41, 5.74) is 0. The Hall–Kier alpha value is -0.900. The summed E-state index contributed by atoms with van der Waals surface area (Å²) >= 11 is 0. The largest absolute Gasteiger partial charge is 0.459 e. The summed E-state index contributed by atoms with van der Waals surface area (Å²) in [6, 6.07) is 0. The Balaban J connectivity index is 2.01. The van der Waals surface area contributed by atoms with E-state index < -0.39 is 0 Å². The van der Waals surface area contributed by atoms with Gasteiger partial charge in [-0.25, -0.2) is 0 Å². The first-order valence-electron chi connectivity index (χ1n) is 4.55. The van der Waals surface area contributed by atoms with E-state index in [1.807, 2.05) is 0 Å². The Morgan fingerprint density at radius 1 is 1.46 bits per heavy atom. The highest BCUT2D eigenvalue weighted by Crippen LogP contribution is 2.49. The molecule has 3 fully saturated rings. The molecule has 0 aromatic heterocycles. The summed E-state index contributed by atoms with van der Waals surface area (Å²) in [7, 11) is 0. The van der Waals surface area contributed by atoms with Crippen LogP contribution in [0.5, 0.6) is 0 Å². The van der Waals surface area contributed by atoms with Crippen molar-refractivity contribution >= 4 is 11.8 Å². The molecule has 0 aliphatic carbocycles. The van der Waals surface area contributed by atoms with Crippen LogP contribution in [0, 0.1) is 11.8 Å². The Bertz CT molecular complexity index is 296. The predicted molar refractivity (Wildman–Crippen MR) is 40.8 cm³/mol. The fourth-order valence-corrected chi connectivity index (χ4v) is 2.83. The van der Waals surface area contributed by atoms with Crippen LogP contribution in [0.2, 0.25) is 0 Å². The molecule has 0 spiro atoms. The molecule has 13 heavy (non-hydrogen) atoms. The van der Waals surface area contributed by atoms with Crippen molar-refractivity contribution < 1.29 is 19.1 Å². The van der Waals surface area contributed by atoms with Crippen molar-refractivity contribution in [3.63, 3.8) is 0 Å². The molecule has 0 radical (unpaired) electrons. The van der Waals surface area contributed by atoms with Crippen LogP contribution in [-0.2, 0) is 19.1 Å². The van der Waals surface area contributed by atoms with E-state index in [1.54, 1.807) is 0 Å². The summed E-state index contributed by atoms with van der Waals surface area (Å²) in [6.07, 6.45) is 0.436. The van der Waals surface area contributed by atoms with Gasteiger partial charge in [-0.3, -0.25) is 9.59 Å². The van der Waals surface area contributed by atoms with Gasteiger partial charge in [0.25, 0.3) is 0 Å². The number of ketones is 1. The molecule has 0 N–H and O–H groups in total. The van der Waals surface area contributed by atoms with E-state index in [1.165, 1.54) is 6.92 Å². The van der Waals surface area contributed by atoms with E-state index in [9.17, 15) is 9.59 Å². The minimum atomic E-state index is -0.304. The molecule has 3 aliphatic heterocycles. The van der Waals surface area contributed by atoms with Gasteiger partial charge < -0.3 is 9.47 Å². The second-order valence-electron chi connectivity index (χ2n) is 4.01. The van der Waals surface area contributed by atoms with E-state index in [0.717, 1.165) is 0 Å². The summed E-state index contributed by atoms with van der Waals surface area (Å²) in [4.78, 5) is 22.6. The molecule has 0 amide bonds. The maximum atomic E-state index is 11.4. The van der Waals surface area contributed by atoms with Gasteiger partial charge in [0.1, 0.15) is 18.0 Å². The summed E-state index contributed by atoms with van der Waals surface area (Å²) in [6.45, 7) is 1.52. The first kappa shape index (κ1) is 7.50. The molecule has 4 nitrogen and oxygen atoms in total. The van der Waals surface area contributed by atoms with Crippen molar-refractivity contribution in [2.75, 3.05) is 0 Å². The van der Waals surface area contributed by atoms with Crippen molar-refractivity contribution in [1.82, 2.24) is 0 Å². The van der Waals surface area contributed by atoms with Gasteiger partial charge >= 0.3 is 5.97 Å². The zero-order valence-electron chi connectivity index (χ0n) is 7.23. The molecule has 70 valence electrons. The lowest BCUT2D eigenvalue weighted by Gasteiger charge is -2.17. The molecule has 3 saturated heterocycles. The lowest BCUT2D eigenvalue weighted by Crippen LogP contribution is -2.35. The monoisotopic (exact) mass is 182 g/mol. The molecule has 4 heteroatoms. The number of carbonyl (C=O) groups is 2. The standard InChI is InChI=1S/C9H10O4/c1-3(10)6-4-2-5-8(12-4)7(6)9(11)13-5/h4-8H,2H2,1H3. The van der Waals surface area contributed by atoms with Gasteiger partial charge in [-0.15, -0.1) is 0 Å². The highest BCUT2D eigenvalue weighted by atomic mass is 16.6. The van der Waals surface area contributed by atoms with Crippen LogP contribution >= 0.6 is 0 Å². The van der Waals surface area contributed by atoms with Crippen LogP contribution in [-0.4, -0.2) is 30.1 Å². The highest BCUT2D eigenvalue weighted by molar-refractivity contribution is 5.88. The summed E-state index contributed by atoms with van der Waals surface area (Å²) in [5.74, 6) is -0.734. The molecular formula is C9H10O4. The Kier molecular flexibility index (Phi) is 1.22. The van der Waals surface area contributed by atoms with Gasteiger partial charge in [0.05, 0.1) is 17.9 Å². The van der Waals surface area contributed by atoms with E-state index in [-0.39, 0.29) is 41.9 Å². The second-order valence-corrected chi connectivity index (χ2v) is 4.01. The number of hydrogen-bond acceptors (Lipinski definition) is 4. The van der Waals surface area contributed by atoms with Crippen molar-refractivity contribution in [2.45, 2.75) is 31.7 Å². The lowest BCUT2D eigenvalue weighted by atomic mass is 9.78. The van der Waals surface area contributed by atoms with Gasteiger partial charge in [-0.1, -0.05) is 0 Å². The van der Waals surface area contributed by atoms with E-state index >= 15 is 0 Å². The van der Waals surface area contributed by atoms with Crippen LogP contribution in [0.15, 0.2) is 0 Å².